The maximum atomic E-state index is 12.7. The van der Waals surface area contributed by atoms with Gasteiger partial charge in [0, 0.05) is 10.6 Å². The second-order valence-electron chi connectivity index (χ2n) is 4.62. The molecule has 0 amide bonds. The lowest BCUT2D eigenvalue weighted by Gasteiger charge is -2.11. The van der Waals surface area contributed by atoms with E-state index < -0.39 is 21.6 Å². The highest BCUT2D eigenvalue weighted by molar-refractivity contribution is 7.91. The third-order valence-electron chi connectivity index (χ3n) is 3.18. The number of rotatable bonds is 3. The van der Waals surface area contributed by atoms with Crippen molar-refractivity contribution in [3.63, 3.8) is 0 Å². The van der Waals surface area contributed by atoms with Gasteiger partial charge in [-0.15, -0.1) is 0 Å². The Balaban J connectivity index is 2.51. The summed E-state index contributed by atoms with van der Waals surface area (Å²) in [4.78, 5) is 0.0516. The van der Waals surface area contributed by atoms with E-state index in [0.717, 1.165) is 12.1 Å². The highest BCUT2D eigenvalue weighted by Crippen LogP contribution is 2.35. The number of hydrogen-bond donors (Lipinski definition) is 0. The molecule has 0 radical (unpaired) electrons. The molecule has 0 spiro atoms. The van der Waals surface area contributed by atoms with Gasteiger partial charge in [-0.1, -0.05) is 36.7 Å². The van der Waals surface area contributed by atoms with Crippen LogP contribution in [0.3, 0.4) is 0 Å². The summed E-state index contributed by atoms with van der Waals surface area (Å²) in [6.07, 6.45) is -4.45. The number of halogens is 4. The maximum Gasteiger partial charge on any atom is 0.416 e. The van der Waals surface area contributed by atoms with Gasteiger partial charge in [-0.3, -0.25) is 0 Å². The second-order valence-corrected chi connectivity index (χ2v) is 7.31. The van der Waals surface area contributed by atoms with E-state index in [1.165, 1.54) is 37.3 Å². The number of sulfone groups is 1. The van der Waals surface area contributed by atoms with Crippen LogP contribution in [0.4, 0.5) is 13.2 Å². The summed E-state index contributed by atoms with van der Waals surface area (Å²) in [5.74, 6) is -0.0771. The molecule has 22 heavy (non-hydrogen) atoms. The zero-order chi connectivity index (χ0) is 16.5. The molecule has 2 aromatic carbocycles. The van der Waals surface area contributed by atoms with Crippen molar-refractivity contribution in [2.24, 2.45) is 0 Å². The van der Waals surface area contributed by atoms with Gasteiger partial charge in [0.1, 0.15) is 0 Å². The van der Waals surface area contributed by atoms with Crippen LogP contribution in [0.25, 0.3) is 11.1 Å². The highest BCUT2D eigenvalue weighted by atomic mass is 35.5. The van der Waals surface area contributed by atoms with Gasteiger partial charge in [-0.05, 0) is 29.8 Å². The average molecular weight is 349 g/mol. The van der Waals surface area contributed by atoms with Gasteiger partial charge in [0.25, 0.3) is 0 Å². The van der Waals surface area contributed by atoms with Crippen LogP contribution in [0.5, 0.6) is 0 Å². The summed E-state index contributed by atoms with van der Waals surface area (Å²) >= 11 is 6.05. The minimum Gasteiger partial charge on any atom is -0.224 e. The van der Waals surface area contributed by atoms with Gasteiger partial charge in [-0.2, -0.15) is 13.2 Å². The largest absolute Gasteiger partial charge is 0.416 e. The Morgan fingerprint density at radius 1 is 1.09 bits per heavy atom. The monoisotopic (exact) mass is 348 g/mol. The molecule has 118 valence electrons. The maximum absolute atomic E-state index is 12.7. The molecule has 0 N–H and O–H groups in total. The molecular formula is C15H12ClF3O2S. The van der Waals surface area contributed by atoms with E-state index in [1.54, 1.807) is 0 Å². The normalized spacial score (nSPS) is 12.4. The van der Waals surface area contributed by atoms with Crippen molar-refractivity contribution in [1.82, 2.24) is 0 Å². The first-order valence-electron chi connectivity index (χ1n) is 6.35. The molecule has 0 aromatic heterocycles. The average Bonchev–Trinajstić information content (AvgIpc) is 2.46. The van der Waals surface area contributed by atoms with Crippen LogP contribution < -0.4 is 0 Å². The summed E-state index contributed by atoms with van der Waals surface area (Å²) in [7, 11) is -3.42. The first-order valence-corrected chi connectivity index (χ1v) is 8.38. The van der Waals surface area contributed by atoms with E-state index in [1.807, 2.05) is 0 Å². The summed E-state index contributed by atoms with van der Waals surface area (Å²) in [5, 5.41) is 0.0915. The summed E-state index contributed by atoms with van der Waals surface area (Å²) in [6, 6.07) is 8.74. The molecule has 0 heterocycles. The van der Waals surface area contributed by atoms with E-state index in [-0.39, 0.29) is 21.2 Å². The molecule has 0 saturated carbocycles. The summed E-state index contributed by atoms with van der Waals surface area (Å²) < 4.78 is 61.8. The highest BCUT2D eigenvalue weighted by Gasteiger charge is 2.30. The quantitative estimate of drug-likeness (QED) is 0.797. The molecule has 0 atom stereocenters. The molecule has 0 aliphatic rings. The number of alkyl halides is 3. The third kappa shape index (κ3) is 3.44. The van der Waals surface area contributed by atoms with Crippen LogP contribution in [0, 0.1) is 0 Å². The van der Waals surface area contributed by atoms with Gasteiger partial charge in [0.05, 0.1) is 16.2 Å². The van der Waals surface area contributed by atoms with Crippen LogP contribution in [-0.4, -0.2) is 14.2 Å². The van der Waals surface area contributed by atoms with Crippen molar-refractivity contribution in [3.05, 3.63) is 53.1 Å². The Labute approximate surface area is 131 Å². The Morgan fingerprint density at radius 2 is 1.77 bits per heavy atom. The molecule has 0 fully saturated rings. The smallest absolute Gasteiger partial charge is 0.224 e. The van der Waals surface area contributed by atoms with Crippen molar-refractivity contribution in [1.29, 1.82) is 0 Å². The van der Waals surface area contributed by atoms with Crippen molar-refractivity contribution in [2.45, 2.75) is 18.0 Å². The lowest BCUT2D eigenvalue weighted by atomic mass is 10.0. The van der Waals surface area contributed by atoms with Gasteiger partial charge < -0.3 is 0 Å². The number of benzene rings is 2. The van der Waals surface area contributed by atoms with E-state index in [4.69, 9.17) is 11.6 Å². The Hall–Kier alpha value is -1.53. The van der Waals surface area contributed by atoms with Crippen LogP contribution in [0.2, 0.25) is 5.02 Å². The molecule has 2 nitrogen and oxygen atoms in total. The molecule has 7 heteroatoms. The van der Waals surface area contributed by atoms with Gasteiger partial charge in [0.15, 0.2) is 9.84 Å². The van der Waals surface area contributed by atoms with Crippen LogP contribution in [0.15, 0.2) is 47.4 Å². The fraction of sp³-hybridized carbons (Fsp3) is 0.200. The molecule has 0 unspecified atom stereocenters. The topological polar surface area (TPSA) is 34.1 Å². The zero-order valence-electron chi connectivity index (χ0n) is 11.5. The SMILES string of the molecule is CCS(=O)(=O)c1ccc(-c2cccc(C(F)(F)F)c2)c(Cl)c1. The van der Waals surface area contributed by atoms with Crippen LogP contribution in [-0.2, 0) is 16.0 Å². The Morgan fingerprint density at radius 3 is 2.32 bits per heavy atom. The predicted molar refractivity (Wildman–Crippen MR) is 79.6 cm³/mol. The van der Waals surface area contributed by atoms with Gasteiger partial charge in [-0.25, -0.2) is 8.42 Å². The molecule has 2 rings (SSSR count). The van der Waals surface area contributed by atoms with E-state index in [0.29, 0.717) is 5.56 Å². The lowest BCUT2D eigenvalue weighted by Crippen LogP contribution is -2.05. The molecule has 0 aliphatic carbocycles. The molecule has 0 bridgehead atoms. The van der Waals surface area contributed by atoms with Crippen LogP contribution in [0.1, 0.15) is 12.5 Å². The predicted octanol–water partition coefficient (Wildman–Crippen LogP) is 4.82. The standard InChI is InChI=1S/C15H12ClF3O2S/c1-2-22(20,21)12-6-7-13(14(16)9-12)10-4-3-5-11(8-10)15(17,18)19/h3-9H,2H2,1H3. The Bertz CT molecular complexity index is 799. The van der Waals surface area contributed by atoms with Gasteiger partial charge in [0.2, 0.25) is 0 Å². The third-order valence-corrected chi connectivity index (χ3v) is 5.23. The summed E-state index contributed by atoms with van der Waals surface area (Å²) in [6.45, 7) is 1.50. The minimum absolute atomic E-state index is 0.0516. The lowest BCUT2D eigenvalue weighted by molar-refractivity contribution is -0.137. The molecule has 2 aromatic rings. The zero-order valence-corrected chi connectivity index (χ0v) is 13.1. The summed E-state index contributed by atoms with van der Waals surface area (Å²) in [5.41, 5.74) is -0.158. The first-order chi connectivity index (χ1) is 10.1. The van der Waals surface area contributed by atoms with E-state index in [2.05, 4.69) is 0 Å². The van der Waals surface area contributed by atoms with Crippen molar-refractivity contribution in [3.8, 4) is 11.1 Å². The first kappa shape index (κ1) is 16.8. The molecule has 0 saturated heterocycles. The van der Waals surface area contributed by atoms with E-state index >= 15 is 0 Å². The van der Waals surface area contributed by atoms with E-state index in [9.17, 15) is 21.6 Å². The van der Waals surface area contributed by atoms with Crippen molar-refractivity contribution < 1.29 is 21.6 Å². The van der Waals surface area contributed by atoms with Crippen LogP contribution >= 0.6 is 11.6 Å². The minimum atomic E-state index is -4.45. The Kier molecular flexibility index (Phi) is 4.54. The second kappa shape index (κ2) is 5.93. The van der Waals surface area contributed by atoms with Crippen molar-refractivity contribution in [2.75, 3.05) is 5.75 Å². The number of hydrogen-bond acceptors (Lipinski definition) is 2. The molecule has 0 aliphatic heterocycles. The van der Waals surface area contributed by atoms with Gasteiger partial charge >= 0.3 is 6.18 Å². The fourth-order valence-electron chi connectivity index (χ4n) is 1.95. The fourth-order valence-corrected chi connectivity index (χ4v) is 3.21. The van der Waals surface area contributed by atoms with Crippen molar-refractivity contribution >= 4 is 21.4 Å². The molecular weight excluding hydrogens is 337 g/mol.